The highest BCUT2D eigenvalue weighted by Gasteiger charge is 2.23. The summed E-state index contributed by atoms with van der Waals surface area (Å²) >= 11 is 6.06. The van der Waals surface area contributed by atoms with Gasteiger partial charge in [0, 0.05) is 10.6 Å². The molecule has 1 fully saturated rings. The smallest absolute Gasteiger partial charge is 0.127 e. The van der Waals surface area contributed by atoms with Crippen LogP contribution in [0.5, 0.6) is 5.75 Å². The molecule has 2 aromatic carbocycles. The van der Waals surface area contributed by atoms with Crippen molar-refractivity contribution in [3.63, 3.8) is 0 Å². The van der Waals surface area contributed by atoms with E-state index in [1.807, 2.05) is 48.5 Å². The molecular formula is C15H13ClO2. The highest BCUT2D eigenvalue weighted by molar-refractivity contribution is 6.31. The standard InChI is InChI=1S/C15H13ClO2/c16-12-6-7-15(18-10-13-9-17-13)14(8-12)11-4-2-1-3-5-11/h1-8,13H,9-10H2. The van der Waals surface area contributed by atoms with Gasteiger partial charge in [-0.15, -0.1) is 0 Å². The largest absolute Gasteiger partial charge is 0.490 e. The first-order chi connectivity index (χ1) is 8.83. The van der Waals surface area contributed by atoms with Crippen molar-refractivity contribution in [1.82, 2.24) is 0 Å². The molecule has 2 nitrogen and oxygen atoms in total. The minimum atomic E-state index is 0.254. The first-order valence-corrected chi connectivity index (χ1v) is 6.30. The average Bonchev–Trinajstić information content (AvgIpc) is 3.22. The number of hydrogen-bond acceptors (Lipinski definition) is 2. The molecule has 0 saturated carbocycles. The van der Waals surface area contributed by atoms with Crippen LogP contribution in [0.25, 0.3) is 11.1 Å². The van der Waals surface area contributed by atoms with Crippen molar-refractivity contribution in [2.24, 2.45) is 0 Å². The van der Waals surface area contributed by atoms with Gasteiger partial charge in [-0.25, -0.2) is 0 Å². The molecule has 0 radical (unpaired) electrons. The molecule has 2 aromatic rings. The van der Waals surface area contributed by atoms with Crippen LogP contribution in [-0.4, -0.2) is 19.3 Å². The third-order valence-corrected chi connectivity index (χ3v) is 3.09. The van der Waals surface area contributed by atoms with Crippen LogP contribution >= 0.6 is 11.6 Å². The van der Waals surface area contributed by atoms with Crippen LogP contribution in [0.15, 0.2) is 48.5 Å². The van der Waals surface area contributed by atoms with Crippen LogP contribution < -0.4 is 4.74 Å². The third kappa shape index (κ3) is 2.66. The molecule has 3 heteroatoms. The summed E-state index contributed by atoms with van der Waals surface area (Å²) in [6.07, 6.45) is 0.254. The zero-order valence-electron chi connectivity index (χ0n) is 9.80. The van der Waals surface area contributed by atoms with Crippen LogP contribution in [0.3, 0.4) is 0 Å². The number of ether oxygens (including phenoxy) is 2. The predicted molar refractivity (Wildman–Crippen MR) is 72.1 cm³/mol. The lowest BCUT2D eigenvalue weighted by Crippen LogP contribution is -2.04. The summed E-state index contributed by atoms with van der Waals surface area (Å²) < 4.78 is 10.9. The van der Waals surface area contributed by atoms with Crippen LogP contribution in [0.2, 0.25) is 5.02 Å². The van der Waals surface area contributed by atoms with Crippen LogP contribution in [-0.2, 0) is 4.74 Å². The Morgan fingerprint density at radius 2 is 1.94 bits per heavy atom. The van der Waals surface area contributed by atoms with E-state index in [0.29, 0.717) is 11.6 Å². The summed E-state index contributed by atoms with van der Waals surface area (Å²) in [6.45, 7) is 1.40. The Morgan fingerprint density at radius 1 is 1.17 bits per heavy atom. The molecule has 1 aliphatic heterocycles. The van der Waals surface area contributed by atoms with Crippen molar-refractivity contribution in [3.05, 3.63) is 53.6 Å². The second kappa shape index (κ2) is 5.01. The Kier molecular flexibility index (Phi) is 3.22. The zero-order valence-corrected chi connectivity index (χ0v) is 10.6. The van der Waals surface area contributed by atoms with Crippen LogP contribution in [0, 0.1) is 0 Å². The lowest BCUT2D eigenvalue weighted by atomic mass is 10.0. The minimum absolute atomic E-state index is 0.254. The van der Waals surface area contributed by atoms with Crippen LogP contribution in [0.1, 0.15) is 0 Å². The van der Waals surface area contributed by atoms with Gasteiger partial charge < -0.3 is 9.47 Å². The first-order valence-electron chi connectivity index (χ1n) is 5.92. The van der Waals surface area contributed by atoms with Gasteiger partial charge in [0.15, 0.2) is 0 Å². The zero-order chi connectivity index (χ0) is 12.4. The van der Waals surface area contributed by atoms with Crippen molar-refractivity contribution >= 4 is 11.6 Å². The summed E-state index contributed by atoms with van der Waals surface area (Å²) in [4.78, 5) is 0. The van der Waals surface area contributed by atoms with E-state index in [4.69, 9.17) is 21.1 Å². The molecule has 3 rings (SSSR count). The van der Waals surface area contributed by atoms with E-state index in [2.05, 4.69) is 0 Å². The quantitative estimate of drug-likeness (QED) is 0.781. The number of benzene rings is 2. The van der Waals surface area contributed by atoms with Gasteiger partial charge in [-0.3, -0.25) is 0 Å². The highest BCUT2D eigenvalue weighted by atomic mass is 35.5. The van der Waals surface area contributed by atoms with Crippen molar-refractivity contribution in [2.75, 3.05) is 13.2 Å². The Morgan fingerprint density at radius 3 is 2.67 bits per heavy atom. The summed E-state index contributed by atoms with van der Waals surface area (Å²) in [5.41, 5.74) is 2.12. The van der Waals surface area contributed by atoms with E-state index < -0.39 is 0 Å². The van der Waals surface area contributed by atoms with Crippen molar-refractivity contribution in [3.8, 4) is 16.9 Å². The maximum Gasteiger partial charge on any atom is 0.127 e. The van der Waals surface area contributed by atoms with Gasteiger partial charge in [-0.1, -0.05) is 41.9 Å². The number of halogens is 1. The predicted octanol–water partition coefficient (Wildman–Crippen LogP) is 3.78. The molecule has 1 saturated heterocycles. The van der Waals surface area contributed by atoms with E-state index in [-0.39, 0.29) is 6.10 Å². The second-order valence-electron chi connectivity index (χ2n) is 4.27. The lowest BCUT2D eigenvalue weighted by Gasteiger charge is -2.11. The first kappa shape index (κ1) is 11.6. The summed E-state index contributed by atoms with van der Waals surface area (Å²) in [7, 11) is 0. The van der Waals surface area contributed by atoms with E-state index in [0.717, 1.165) is 23.5 Å². The Labute approximate surface area is 111 Å². The molecule has 92 valence electrons. The van der Waals surface area contributed by atoms with Crippen molar-refractivity contribution in [1.29, 1.82) is 0 Å². The molecule has 0 N–H and O–H groups in total. The molecular weight excluding hydrogens is 248 g/mol. The summed E-state index contributed by atoms with van der Waals surface area (Å²) in [6, 6.07) is 15.8. The molecule has 1 atom stereocenters. The Bertz CT molecular complexity index is 535. The average molecular weight is 261 g/mol. The van der Waals surface area contributed by atoms with E-state index in [1.54, 1.807) is 0 Å². The minimum Gasteiger partial charge on any atom is -0.490 e. The van der Waals surface area contributed by atoms with Gasteiger partial charge in [0.25, 0.3) is 0 Å². The fourth-order valence-electron chi connectivity index (χ4n) is 1.82. The normalized spacial score (nSPS) is 17.5. The third-order valence-electron chi connectivity index (χ3n) is 2.85. The SMILES string of the molecule is Clc1ccc(OCC2CO2)c(-c2ccccc2)c1. The molecule has 1 unspecified atom stereocenters. The molecule has 0 aliphatic carbocycles. The van der Waals surface area contributed by atoms with Gasteiger partial charge in [0.2, 0.25) is 0 Å². The molecule has 0 amide bonds. The Hall–Kier alpha value is -1.51. The van der Waals surface area contributed by atoms with Gasteiger partial charge in [-0.2, -0.15) is 0 Å². The molecule has 0 bridgehead atoms. The van der Waals surface area contributed by atoms with E-state index >= 15 is 0 Å². The highest BCUT2D eigenvalue weighted by Crippen LogP contribution is 2.33. The van der Waals surface area contributed by atoms with Crippen LogP contribution in [0.4, 0.5) is 0 Å². The molecule has 1 aliphatic rings. The van der Waals surface area contributed by atoms with Crippen molar-refractivity contribution in [2.45, 2.75) is 6.10 Å². The maximum atomic E-state index is 6.06. The molecule has 1 heterocycles. The van der Waals surface area contributed by atoms with E-state index in [9.17, 15) is 0 Å². The number of hydrogen-bond donors (Lipinski definition) is 0. The summed E-state index contributed by atoms with van der Waals surface area (Å²) in [5.74, 6) is 0.848. The monoisotopic (exact) mass is 260 g/mol. The lowest BCUT2D eigenvalue weighted by molar-refractivity contribution is 0.264. The van der Waals surface area contributed by atoms with Gasteiger partial charge in [-0.05, 0) is 23.8 Å². The van der Waals surface area contributed by atoms with Gasteiger partial charge in [0.05, 0.1) is 6.61 Å². The van der Waals surface area contributed by atoms with Crippen molar-refractivity contribution < 1.29 is 9.47 Å². The molecule has 0 aromatic heterocycles. The fraction of sp³-hybridized carbons (Fsp3) is 0.200. The van der Waals surface area contributed by atoms with E-state index in [1.165, 1.54) is 0 Å². The second-order valence-corrected chi connectivity index (χ2v) is 4.71. The Balaban J connectivity index is 1.92. The molecule has 18 heavy (non-hydrogen) atoms. The number of epoxide rings is 1. The summed E-state index contributed by atoms with van der Waals surface area (Å²) in [5, 5.41) is 0.712. The van der Waals surface area contributed by atoms with Gasteiger partial charge >= 0.3 is 0 Å². The van der Waals surface area contributed by atoms with Gasteiger partial charge in [0.1, 0.15) is 18.5 Å². The maximum absolute atomic E-state index is 6.06. The topological polar surface area (TPSA) is 21.8 Å². The molecule has 0 spiro atoms. The number of rotatable bonds is 4. The fourth-order valence-corrected chi connectivity index (χ4v) is 1.99.